The van der Waals surface area contributed by atoms with Crippen LogP contribution in [0.15, 0.2) is 12.3 Å². The van der Waals surface area contributed by atoms with E-state index in [1.54, 1.807) is 0 Å². The second-order valence-electron chi connectivity index (χ2n) is 3.84. The molecule has 0 aliphatic heterocycles. The van der Waals surface area contributed by atoms with Gasteiger partial charge in [0.25, 0.3) is 0 Å². The molecule has 1 saturated carbocycles. The van der Waals surface area contributed by atoms with Gasteiger partial charge in [-0.3, -0.25) is 4.79 Å². The van der Waals surface area contributed by atoms with Crippen LogP contribution in [0.1, 0.15) is 24.8 Å². The number of halogens is 2. The van der Waals surface area contributed by atoms with E-state index < -0.39 is 17.3 Å². The molecule has 1 fully saturated rings. The van der Waals surface area contributed by atoms with E-state index in [4.69, 9.17) is 16.7 Å². The first-order valence-electron chi connectivity index (χ1n) is 4.57. The second-order valence-corrected chi connectivity index (χ2v) is 4.28. The van der Waals surface area contributed by atoms with E-state index >= 15 is 0 Å². The van der Waals surface area contributed by atoms with Crippen LogP contribution in [0.5, 0.6) is 0 Å². The van der Waals surface area contributed by atoms with E-state index in [9.17, 15) is 9.18 Å². The minimum absolute atomic E-state index is 0.0635. The Morgan fingerprint density at radius 3 is 2.87 bits per heavy atom. The SMILES string of the molecule is O=C(O)CC1(c2cc(Cl)cnc2F)CC1. The lowest BCUT2D eigenvalue weighted by molar-refractivity contribution is -0.137. The zero-order valence-electron chi connectivity index (χ0n) is 7.83. The number of aromatic nitrogens is 1. The lowest BCUT2D eigenvalue weighted by Crippen LogP contribution is -2.15. The number of rotatable bonds is 3. The summed E-state index contributed by atoms with van der Waals surface area (Å²) in [6, 6.07) is 1.47. The molecule has 0 aromatic carbocycles. The van der Waals surface area contributed by atoms with Crippen LogP contribution in [0.3, 0.4) is 0 Å². The molecule has 1 heterocycles. The summed E-state index contributed by atoms with van der Waals surface area (Å²) in [7, 11) is 0. The van der Waals surface area contributed by atoms with Crippen molar-refractivity contribution in [3.8, 4) is 0 Å². The molecule has 0 radical (unpaired) electrons. The number of carboxylic acids is 1. The van der Waals surface area contributed by atoms with Gasteiger partial charge in [-0.2, -0.15) is 4.39 Å². The van der Waals surface area contributed by atoms with Crippen molar-refractivity contribution in [3.05, 3.63) is 28.8 Å². The molecule has 2 rings (SSSR count). The fraction of sp³-hybridized carbons (Fsp3) is 0.400. The normalized spacial score (nSPS) is 17.5. The van der Waals surface area contributed by atoms with E-state index in [-0.39, 0.29) is 6.42 Å². The van der Waals surface area contributed by atoms with Crippen molar-refractivity contribution < 1.29 is 14.3 Å². The fourth-order valence-corrected chi connectivity index (χ4v) is 1.93. The highest BCUT2D eigenvalue weighted by atomic mass is 35.5. The molecule has 1 N–H and O–H groups in total. The summed E-state index contributed by atoms with van der Waals surface area (Å²) in [4.78, 5) is 14.1. The van der Waals surface area contributed by atoms with E-state index in [0.29, 0.717) is 23.4 Å². The van der Waals surface area contributed by atoms with Crippen LogP contribution in [0.25, 0.3) is 0 Å². The predicted octanol–water partition coefficient (Wildman–Crippen LogP) is 2.38. The Hall–Kier alpha value is -1.16. The van der Waals surface area contributed by atoms with E-state index in [0.717, 1.165) is 0 Å². The zero-order chi connectivity index (χ0) is 11.1. The monoisotopic (exact) mass is 229 g/mol. The minimum Gasteiger partial charge on any atom is -0.481 e. The van der Waals surface area contributed by atoms with Gasteiger partial charge in [-0.15, -0.1) is 0 Å². The molecule has 0 bridgehead atoms. The maximum Gasteiger partial charge on any atom is 0.304 e. The summed E-state index contributed by atoms with van der Waals surface area (Å²) < 4.78 is 13.4. The Labute approximate surface area is 90.9 Å². The van der Waals surface area contributed by atoms with Gasteiger partial charge in [0.1, 0.15) is 0 Å². The van der Waals surface area contributed by atoms with Gasteiger partial charge in [-0.25, -0.2) is 4.98 Å². The van der Waals surface area contributed by atoms with Crippen LogP contribution >= 0.6 is 11.6 Å². The molecular formula is C10H9ClFNO2. The topological polar surface area (TPSA) is 50.2 Å². The Morgan fingerprint density at radius 2 is 2.33 bits per heavy atom. The lowest BCUT2D eigenvalue weighted by Gasteiger charge is -2.13. The average Bonchev–Trinajstić information content (AvgIpc) is 2.89. The Balaban J connectivity index is 2.36. The number of nitrogens with zero attached hydrogens (tertiary/aromatic N) is 1. The molecule has 0 saturated heterocycles. The van der Waals surface area contributed by atoms with Crippen LogP contribution < -0.4 is 0 Å². The van der Waals surface area contributed by atoms with Crippen molar-refractivity contribution >= 4 is 17.6 Å². The largest absolute Gasteiger partial charge is 0.481 e. The van der Waals surface area contributed by atoms with Crippen molar-refractivity contribution in [2.45, 2.75) is 24.7 Å². The molecule has 1 aromatic heterocycles. The first kappa shape index (κ1) is 10.4. The zero-order valence-corrected chi connectivity index (χ0v) is 8.59. The van der Waals surface area contributed by atoms with Gasteiger partial charge < -0.3 is 5.11 Å². The molecule has 0 spiro atoms. The molecule has 0 amide bonds. The Kier molecular flexibility index (Phi) is 2.38. The number of hydrogen-bond acceptors (Lipinski definition) is 2. The predicted molar refractivity (Wildman–Crippen MR) is 52.4 cm³/mol. The maximum atomic E-state index is 13.4. The minimum atomic E-state index is -0.924. The van der Waals surface area contributed by atoms with E-state index in [1.807, 2.05) is 0 Å². The van der Waals surface area contributed by atoms with Crippen LogP contribution in [0.4, 0.5) is 4.39 Å². The van der Waals surface area contributed by atoms with Crippen LogP contribution in [-0.2, 0) is 10.2 Å². The third-order valence-corrected chi connectivity index (χ3v) is 2.93. The number of pyridine rings is 1. The highest BCUT2D eigenvalue weighted by molar-refractivity contribution is 6.30. The number of aliphatic carboxylic acids is 1. The van der Waals surface area contributed by atoms with Gasteiger partial charge in [0, 0.05) is 17.2 Å². The smallest absolute Gasteiger partial charge is 0.304 e. The highest BCUT2D eigenvalue weighted by Gasteiger charge is 2.48. The van der Waals surface area contributed by atoms with Crippen molar-refractivity contribution in [2.75, 3.05) is 0 Å². The third-order valence-electron chi connectivity index (χ3n) is 2.72. The lowest BCUT2D eigenvalue weighted by atomic mass is 9.94. The number of carbonyl (C=O) groups is 1. The molecule has 0 unspecified atom stereocenters. The summed E-state index contributed by atoms with van der Waals surface area (Å²) >= 11 is 5.71. The van der Waals surface area contributed by atoms with Crippen LogP contribution in [0, 0.1) is 5.95 Å². The van der Waals surface area contributed by atoms with E-state index in [1.165, 1.54) is 12.3 Å². The van der Waals surface area contributed by atoms with Crippen LogP contribution in [-0.4, -0.2) is 16.1 Å². The van der Waals surface area contributed by atoms with E-state index in [2.05, 4.69) is 4.98 Å². The first-order valence-corrected chi connectivity index (χ1v) is 4.95. The molecule has 3 nitrogen and oxygen atoms in total. The van der Waals surface area contributed by atoms with Crippen molar-refractivity contribution in [1.29, 1.82) is 0 Å². The molecule has 0 atom stereocenters. The molecular weight excluding hydrogens is 221 g/mol. The van der Waals surface area contributed by atoms with Gasteiger partial charge >= 0.3 is 5.97 Å². The summed E-state index contributed by atoms with van der Waals surface area (Å²) in [6.07, 6.45) is 2.51. The third kappa shape index (κ3) is 1.95. The second kappa shape index (κ2) is 3.45. The molecule has 15 heavy (non-hydrogen) atoms. The molecule has 5 heteroatoms. The van der Waals surface area contributed by atoms with Gasteiger partial charge in [0.15, 0.2) is 0 Å². The number of hydrogen-bond donors (Lipinski definition) is 1. The van der Waals surface area contributed by atoms with Gasteiger partial charge in [-0.1, -0.05) is 11.6 Å². The molecule has 1 aromatic rings. The maximum absolute atomic E-state index is 13.4. The molecule has 80 valence electrons. The Bertz CT molecular complexity index is 418. The quantitative estimate of drug-likeness (QED) is 0.810. The van der Waals surface area contributed by atoms with Gasteiger partial charge in [0.2, 0.25) is 5.95 Å². The standard InChI is InChI=1S/C10H9ClFNO2/c11-6-3-7(9(12)13-5-6)10(1-2-10)4-8(14)15/h3,5H,1-2,4H2,(H,14,15). The summed E-state index contributed by atoms with van der Waals surface area (Å²) in [5.41, 5.74) is -0.245. The number of carboxylic acid groups (broad SMARTS) is 1. The average molecular weight is 230 g/mol. The molecule has 1 aliphatic carbocycles. The van der Waals surface area contributed by atoms with Gasteiger partial charge in [0.05, 0.1) is 11.4 Å². The van der Waals surface area contributed by atoms with Crippen LogP contribution in [0.2, 0.25) is 5.02 Å². The van der Waals surface area contributed by atoms with Crippen molar-refractivity contribution in [2.24, 2.45) is 0 Å². The highest BCUT2D eigenvalue weighted by Crippen LogP contribution is 2.51. The van der Waals surface area contributed by atoms with Crippen molar-refractivity contribution in [3.63, 3.8) is 0 Å². The first-order chi connectivity index (χ1) is 7.03. The Morgan fingerprint density at radius 1 is 1.67 bits per heavy atom. The summed E-state index contributed by atoms with van der Waals surface area (Å²) in [5.74, 6) is -1.54. The van der Waals surface area contributed by atoms with Gasteiger partial charge in [-0.05, 0) is 18.9 Å². The fourth-order valence-electron chi connectivity index (χ4n) is 1.78. The summed E-state index contributed by atoms with van der Waals surface area (Å²) in [6.45, 7) is 0. The summed E-state index contributed by atoms with van der Waals surface area (Å²) in [5, 5.41) is 9.07. The van der Waals surface area contributed by atoms with Crippen molar-refractivity contribution in [1.82, 2.24) is 4.98 Å². The molecule has 1 aliphatic rings.